The summed E-state index contributed by atoms with van der Waals surface area (Å²) in [5.74, 6) is 0.679. The van der Waals surface area contributed by atoms with Crippen LogP contribution in [0.25, 0.3) is 0 Å². The van der Waals surface area contributed by atoms with E-state index in [1.54, 1.807) is 18.6 Å². The van der Waals surface area contributed by atoms with Crippen LogP contribution in [0.1, 0.15) is 63.4 Å². The highest BCUT2D eigenvalue weighted by Gasteiger charge is 2.63. The lowest BCUT2D eigenvalue weighted by molar-refractivity contribution is -0.177. The Kier molecular flexibility index (Phi) is 5.35. The molecule has 8 nitrogen and oxygen atoms in total. The van der Waals surface area contributed by atoms with Crippen molar-refractivity contribution in [2.45, 2.75) is 82.6 Å². The van der Waals surface area contributed by atoms with Gasteiger partial charge in [-0.3, -0.25) is 14.8 Å². The number of amides is 1. The zero-order chi connectivity index (χ0) is 21.4. The maximum Gasteiger partial charge on any atom is 0.257 e. The second-order valence-electron chi connectivity index (χ2n) is 8.65. The quantitative estimate of drug-likeness (QED) is 0.675. The van der Waals surface area contributed by atoms with Crippen LogP contribution in [-0.4, -0.2) is 49.8 Å². The van der Waals surface area contributed by atoms with Gasteiger partial charge in [0.05, 0.1) is 42.4 Å². The van der Waals surface area contributed by atoms with Crippen molar-refractivity contribution in [2.24, 2.45) is 0 Å². The monoisotopic (exact) mass is 424 g/mol. The minimum absolute atomic E-state index is 0.0140. The second kappa shape index (κ2) is 8.16. The molecule has 31 heavy (non-hydrogen) atoms. The maximum atomic E-state index is 13.2. The Morgan fingerprint density at radius 1 is 1.29 bits per heavy atom. The predicted molar refractivity (Wildman–Crippen MR) is 111 cm³/mol. The fraction of sp³-hybridized carbons (Fsp3) is 0.565. The smallest absolute Gasteiger partial charge is 0.257 e. The fourth-order valence-corrected chi connectivity index (χ4v) is 4.65. The summed E-state index contributed by atoms with van der Waals surface area (Å²) in [6.07, 6.45) is 8.76. The SMILES string of the molecule is CCC(C)Oc1cccc(COC2CC3(C2)O[C@@H]2CC[C@@H](c4cnccn4)N2C3=O)n1. The molecular formula is C23H28N4O4. The van der Waals surface area contributed by atoms with Crippen molar-refractivity contribution in [3.8, 4) is 5.88 Å². The Hall–Kier alpha value is -2.58. The van der Waals surface area contributed by atoms with Gasteiger partial charge in [-0.05, 0) is 32.3 Å². The van der Waals surface area contributed by atoms with Crippen molar-refractivity contribution in [3.63, 3.8) is 0 Å². The molecule has 3 fully saturated rings. The van der Waals surface area contributed by atoms with E-state index >= 15 is 0 Å². The number of hydrogen-bond donors (Lipinski definition) is 0. The molecule has 2 aromatic rings. The highest BCUT2D eigenvalue weighted by Crippen LogP contribution is 2.51. The van der Waals surface area contributed by atoms with E-state index in [-0.39, 0.29) is 30.4 Å². The van der Waals surface area contributed by atoms with Crippen molar-refractivity contribution >= 4 is 5.91 Å². The molecule has 4 heterocycles. The van der Waals surface area contributed by atoms with Crippen molar-refractivity contribution < 1.29 is 19.0 Å². The summed E-state index contributed by atoms with van der Waals surface area (Å²) in [7, 11) is 0. The molecule has 8 heteroatoms. The van der Waals surface area contributed by atoms with Crippen molar-refractivity contribution in [1.29, 1.82) is 0 Å². The van der Waals surface area contributed by atoms with E-state index in [1.807, 2.05) is 30.0 Å². The van der Waals surface area contributed by atoms with Gasteiger partial charge in [0.15, 0.2) is 5.60 Å². The molecule has 0 bridgehead atoms. The molecule has 1 amide bonds. The molecule has 1 saturated carbocycles. The standard InChI is InChI=1S/C23H28N4O4/c1-3-15(2)30-20-6-4-5-16(26-20)14-29-17-11-23(12-17)22(28)27-19(7-8-21(27)31-23)18-13-24-9-10-25-18/h4-6,9-10,13,15,17,19,21H,3,7-8,11-12,14H2,1-2H3/t15?,17?,19-,21+,23?/m0/s1. The molecule has 3 atom stereocenters. The molecule has 0 aromatic carbocycles. The Morgan fingerprint density at radius 3 is 2.94 bits per heavy atom. The first-order chi connectivity index (χ1) is 15.1. The van der Waals surface area contributed by atoms with Crippen molar-refractivity contribution in [1.82, 2.24) is 19.9 Å². The van der Waals surface area contributed by atoms with Gasteiger partial charge < -0.3 is 19.1 Å². The Balaban J connectivity index is 1.17. The van der Waals surface area contributed by atoms with E-state index in [0.717, 1.165) is 30.7 Å². The molecule has 2 saturated heterocycles. The molecule has 0 radical (unpaired) electrons. The van der Waals surface area contributed by atoms with Crippen LogP contribution in [-0.2, 0) is 20.9 Å². The molecule has 3 aliphatic rings. The van der Waals surface area contributed by atoms with Crippen LogP contribution in [0.3, 0.4) is 0 Å². The number of hydrogen-bond acceptors (Lipinski definition) is 7. The molecule has 2 aromatic heterocycles. The third-order valence-corrected chi connectivity index (χ3v) is 6.50. The summed E-state index contributed by atoms with van der Waals surface area (Å²) < 4.78 is 18.1. The van der Waals surface area contributed by atoms with Crippen LogP contribution < -0.4 is 4.74 Å². The van der Waals surface area contributed by atoms with Gasteiger partial charge >= 0.3 is 0 Å². The zero-order valence-electron chi connectivity index (χ0n) is 17.9. The average molecular weight is 425 g/mol. The second-order valence-corrected chi connectivity index (χ2v) is 8.65. The first kappa shape index (κ1) is 20.3. The minimum Gasteiger partial charge on any atom is -0.475 e. The summed E-state index contributed by atoms with van der Waals surface area (Å²) in [5.41, 5.74) is 0.908. The molecule has 0 N–H and O–H groups in total. The maximum absolute atomic E-state index is 13.2. The highest BCUT2D eigenvalue weighted by molar-refractivity contribution is 5.89. The lowest BCUT2D eigenvalue weighted by Crippen LogP contribution is -2.54. The van der Waals surface area contributed by atoms with Crippen LogP contribution in [0.15, 0.2) is 36.8 Å². The number of carbonyl (C=O) groups excluding carboxylic acids is 1. The van der Waals surface area contributed by atoms with Crippen LogP contribution >= 0.6 is 0 Å². The lowest BCUT2D eigenvalue weighted by atomic mass is 9.76. The molecular weight excluding hydrogens is 396 g/mol. The number of aromatic nitrogens is 3. The minimum atomic E-state index is -0.745. The molecule has 164 valence electrons. The largest absolute Gasteiger partial charge is 0.475 e. The van der Waals surface area contributed by atoms with Gasteiger partial charge in [-0.25, -0.2) is 4.98 Å². The number of fused-ring (bicyclic) bond motifs is 1. The third-order valence-electron chi connectivity index (χ3n) is 6.50. The van der Waals surface area contributed by atoms with Crippen LogP contribution in [0.4, 0.5) is 0 Å². The van der Waals surface area contributed by atoms with E-state index in [9.17, 15) is 4.79 Å². The molecule has 1 aliphatic carbocycles. The Labute approximate surface area is 182 Å². The average Bonchev–Trinajstić information content (AvgIpc) is 3.30. The van der Waals surface area contributed by atoms with Gasteiger partial charge in [0.2, 0.25) is 5.88 Å². The summed E-state index contributed by atoms with van der Waals surface area (Å²) >= 11 is 0. The van der Waals surface area contributed by atoms with E-state index in [2.05, 4.69) is 21.9 Å². The summed E-state index contributed by atoms with van der Waals surface area (Å²) in [6.45, 7) is 4.50. The van der Waals surface area contributed by atoms with E-state index in [1.165, 1.54) is 0 Å². The van der Waals surface area contributed by atoms with E-state index < -0.39 is 5.60 Å². The predicted octanol–water partition coefficient (Wildman–Crippen LogP) is 3.19. The van der Waals surface area contributed by atoms with E-state index in [4.69, 9.17) is 14.2 Å². The molecule has 2 aliphatic heterocycles. The van der Waals surface area contributed by atoms with Gasteiger partial charge in [-0.1, -0.05) is 13.0 Å². The van der Waals surface area contributed by atoms with Gasteiger partial charge in [-0.2, -0.15) is 0 Å². The van der Waals surface area contributed by atoms with Gasteiger partial charge in [0.25, 0.3) is 5.91 Å². The molecule has 1 spiro atoms. The first-order valence-electron chi connectivity index (χ1n) is 11.1. The zero-order valence-corrected chi connectivity index (χ0v) is 17.9. The Bertz CT molecular complexity index is 934. The third kappa shape index (κ3) is 3.78. The van der Waals surface area contributed by atoms with Crippen LogP contribution in [0, 0.1) is 0 Å². The van der Waals surface area contributed by atoms with Crippen molar-refractivity contribution in [3.05, 3.63) is 48.2 Å². The molecule has 1 unspecified atom stereocenters. The van der Waals surface area contributed by atoms with Crippen LogP contribution in [0.5, 0.6) is 5.88 Å². The molecule has 5 rings (SSSR count). The van der Waals surface area contributed by atoms with E-state index in [0.29, 0.717) is 25.3 Å². The van der Waals surface area contributed by atoms with Gasteiger partial charge in [0.1, 0.15) is 6.23 Å². The number of pyridine rings is 1. The van der Waals surface area contributed by atoms with Crippen molar-refractivity contribution in [2.75, 3.05) is 0 Å². The van der Waals surface area contributed by atoms with Gasteiger partial charge in [-0.15, -0.1) is 0 Å². The Morgan fingerprint density at radius 2 is 2.16 bits per heavy atom. The normalized spacial score (nSPS) is 30.3. The number of carbonyl (C=O) groups is 1. The number of ether oxygens (including phenoxy) is 3. The topological polar surface area (TPSA) is 86.7 Å². The lowest BCUT2D eigenvalue weighted by Gasteiger charge is -2.42. The van der Waals surface area contributed by atoms with Crippen LogP contribution in [0.2, 0.25) is 0 Å². The highest BCUT2D eigenvalue weighted by atomic mass is 16.6. The fourth-order valence-electron chi connectivity index (χ4n) is 4.65. The summed E-state index contributed by atoms with van der Waals surface area (Å²) in [4.78, 5) is 28.2. The number of nitrogens with zero attached hydrogens (tertiary/aromatic N) is 4. The summed E-state index contributed by atoms with van der Waals surface area (Å²) in [5, 5.41) is 0. The van der Waals surface area contributed by atoms with Gasteiger partial charge in [0, 0.05) is 31.3 Å². The summed E-state index contributed by atoms with van der Waals surface area (Å²) in [6, 6.07) is 5.66. The number of rotatable bonds is 7. The first-order valence-corrected chi connectivity index (χ1v) is 11.1.